The molecular weight excluding hydrogens is 537 g/mol. The summed E-state index contributed by atoms with van der Waals surface area (Å²) in [7, 11) is 0. The van der Waals surface area contributed by atoms with Gasteiger partial charge in [-0.2, -0.15) is 0 Å². The predicted octanol–water partition coefficient (Wildman–Crippen LogP) is 12.5. The van der Waals surface area contributed by atoms with Gasteiger partial charge in [0.05, 0.1) is 0 Å². The Bertz CT molecular complexity index is 2440. The van der Waals surface area contributed by atoms with Crippen LogP contribution in [-0.2, 0) is 0 Å². The fraction of sp³-hybridized carbons (Fsp3) is 0. The maximum absolute atomic E-state index is 2.35. The van der Waals surface area contributed by atoms with Gasteiger partial charge >= 0.3 is 0 Å². The summed E-state index contributed by atoms with van der Waals surface area (Å²) < 4.78 is 2.65. The molecule has 1 aromatic heterocycles. The normalized spacial score (nSPS) is 11.7. The molecule has 1 heteroatoms. The second-order valence-corrected chi connectivity index (χ2v) is 12.3. The first kappa shape index (κ1) is 24.4. The molecule has 0 atom stereocenters. The highest BCUT2D eigenvalue weighted by Gasteiger charge is 2.20. The molecule has 0 nitrogen and oxygen atoms in total. The molecule has 0 fully saturated rings. The summed E-state index contributed by atoms with van der Waals surface area (Å²) in [5, 5.41) is 10.4. The van der Waals surface area contributed by atoms with Gasteiger partial charge in [-0.15, -0.1) is 11.3 Å². The fourth-order valence-corrected chi connectivity index (χ4v) is 8.17. The van der Waals surface area contributed by atoms with E-state index in [4.69, 9.17) is 0 Å². The van der Waals surface area contributed by atoms with Gasteiger partial charge in [0, 0.05) is 20.2 Å². The Labute approximate surface area is 254 Å². The van der Waals surface area contributed by atoms with Crippen LogP contribution in [0.1, 0.15) is 0 Å². The van der Waals surface area contributed by atoms with Crippen molar-refractivity contribution in [2.75, 3.05) is 0 Å². The van der Waals surface area contributed by atoms with E-state index >= 15 is 0 Å². The molecule has 0 N–H and O–H groups in total. The number of fused-ring (bicyclic) bond motifs is 6. The number of benzene rings is 8. The van der Waals surface area contributed by atoms with Gasteiger partial charge in [-0.1, -0.05) is 140 Å². The molecule has 0 amide bonds. The van der Waals surface area contributed by atoms with Gasteiger partial charge in [-0.25, -0.2) is 0 Å². The van der Waals surface area contributed by atoms with Crippen LogP contribution >= 0.6 is 11.3 Å². The minimum Gasteiger partial charge on any atom is -0.135 e. The van der Waals surface area contributed by atoms with Crippen LogP contribution in [0.2, 0.25) is 0 Å². The van der Waals surface area contributed by atoms with E-state index in [2.05, 4.69) is 158 Å². The highest BCUT2D eigenvalue weighted by atomic mass is 32.1. The zero-order chi connectivity index (χ0) is 28.3. The van der Waals surface area contributed by atoms with Gasteiger partial charge in [-0.3, -0.25) is 0 Å². The molecule has 43 heavy (non-hydrogen) atoms. The first-order valence-corrected chi connectivity index (χ1v) is 15.6. The summed E-state index contributed by atoms with van der Waals surface area (Å²) in [6.07, 6.45) is 0. The lowest BCUT2D eigenvalue weighted by Gasteiger charge is -2.19. The molecule has 9 rings (SSSR count). The second-order valence-electron chi connectivity index (χ2n) is 11.2. The standard InChI is InChI=1S/C42H26S/c1-2-13-28(14-3-1)31-20-10-22-37-41(31)42-36(21-11-23-38(42)43-37)40-34-18-8-6-16-32(34)39(33-17-7-9-19-35(33)40)30-25-24-27-12-4-5-15-29(27)26-30/h1-26H. The third-order valence-electron chi connectivity index (χ3n) is 8.85. The number of hydrogen-bond donors (Lipinski definition) is 0. The number of thiophene rings is 1. The van der Waals surface area contributed by atoms with E-state index in [1.54, 1.807) is 0 Å². The quantitative estimate of drug-likeness (QED) is 0.188. The van der Waals surface area contributed by atoms with Crippen molar-refractivity contribution in [2.24, 2.45) is 0 Å². The summed E-state index contributed by atoms with van der Waals surface area (Å²) in [6, 6.07) is 57.9. The summed E-state index contributed by atoms with van der Waals surface area (Å²) in [5.41, 5.74) is 7.70. The smallest absolute Gasteiger partial charge is 0.0361 e. The van der Waals surface area contributed by atoms with Gasteiger partial charge in [-0.05, 0) is 83.9 Å². The van der Waals surface area contributed by atoms with Crippen LogP contribution in [0, 0.1) is 0 Å². The van der Waals surface area contributed by atoms with Crippen molar-refractivity contribution in [1.82, 2.24) is 0 Å². The van der Waals surface area contributed by atoms with Gasteiger partial charge in [0.15, 0.2) is 0 Å². The highest BCUT2D eigenvalue weighted by Crippen LogP contribution is 2.49. The molecule has 0 aliphatic carbocycles. The largest absolute Gasteiger partial charge is 0.135 e. The van der Waals surface area contributed by atoms with Crippen molar-refractivity contribution in [3.63, 3.8) is 0 Å². The number of rotatable bonds is 3. The summed E-state index contributed by atoms with van der Waals surface area (Å²) in [4.78, 5) is 0. The van der Waals surface area contributed by atoms with Crippen LogP contribution in [0.5, 0.6) is 0 Å². The monoisotopic (exact) mass is 562 g/mol. The maximum Gasteiger partial charge on any atom is 0.0361 e. The van der Waals surface area contributed by atoms with Crippen LogP contribution in [0.4, 0.5) is 0 Å². The van der Waals surface area contributed by atoms with Crippen LogP contribution < -0.4 is 0 Å². The maximum atomic E-state index is 2.35. The molecular formula is C42H26S. The van der Waals surface area contributed by atoms with Crippen molar-refractivity contribution in [3.05, 3.63) is 158 Å². The van der Waals surface area contributed by atoms with E-state index in [0.717, 1.165) is 0 Å². The van der Waals surface area contributed by atoms with Crippen LogP contribution in [0.15, 0.2) is 158 Å². The molecule has 200 valence electrons. The molecule has 0 aliphatic rings. The fourth-order valence-electron chi connectivity index (χ4n) is 7.01. The Balaban J connectivity index is 1.43. The molecule has 1 heterocycles. The van der Waals surface area contributed by atoms with E-state index in [0.29, 0.717) is 0 Å². The van der Waals surface area contributed by atoms with Crippen molar-refractivity contribution >= 4 is 63.8 Å². The molecule has 8 aromatic carbocycles. The Kier molecular flexibility index (Phi) is 5.47. The molecule has 0 saturated carbocycles. The van der Waals surface area contributed by atoms with Crippen molar-refractivity contribution in [1.29, 1.82) is 0 Å². The molecule has 0 unspecified atom stereocenters. The third-order valence-corrected chi connectivity index (χ3v) is 9.97. The van der Waals surface area contributed by atoms with Crippen LogP contribution in [0.25, 0.3) is 85.9 Å². The Morgan fingerprint density at radius 3 is 1.53 bits per heavy atom. The second kappa shape index (κ2) is 9.66. The van der Waals surface area contributed by atoms with E-state index < -0.39 is 0 Å². The first-order chi connectivity index (χ1) is 21.3. The topological polar surface area (TPSA) is 0 Å². The lowest BCUT2D eigenvalue weighted by Crippen LogP contribution is -1.91. The van der Waals surface area contributed by atoms with E-state index in [-0.39, 0.29) is 0 Å². The SMILES string of the molecule is c1ccc(-c2cccc3sc4cccc(-c5c6ccccc6c(-c6ccc7ccccc7c6)c6ccccc56)c4c23)cc1. The lowest BCUT2D eigenvalue weighted by molar-refractivity contribution is 1.67. The minimum atomic E-state index is 1.25. The molecule has 0 bridgehead atoms. The summed E-state index contributed by atoms with van der Waals surface area (Å²) >= 11 is 1.89. The Morgan fingerprint density at radius 2 is 0.860 bits per heavy atom. The molecule has 0 saturated heterocycles. The molecule has 0 radical (unpaired) electrons. The molecule has 0 spiro atoms. The average molecular weight is 563 g/mol. The predicted molar refractivity (Wildman–Crippen MR) is 188 cm³/mol. The van der Waals surface area contributed by atoms with Crippen molar-refractivity contribution < 1.29 is 0 Å². The first-order valence-electron chi connectivity index (χ1n) is 14.8. The lowest BCUT2D eigenvalue weighted by atomic mass is 9.84. The van der Waals surface area contributed by atoms with Gasteiger partial charge in [0.1, 0.15) is 0 Å². The van der Waals surface area contributed by atoms with E-state index in [9.17, 15) is 0 Å². The zero-order valence-electron chi connectivity index (χ0n) is 23.4. The Hall–Kier alpha value is -5.24. The van der Waals surface area contributed by atoms with Gasteiger partial charge in [0.2, 0.25) is 0 Å². The summed E-state index contributed by atoms with van der Waals surface area (Å²) in [6.45, 7) is 0. The number of hydrogen-bond acceptors (Lipinski definition) is 1. The highest BCUT2D eigenvalue weighted by molar-refractivity contribution is 7.26. The van der Waals surface area contributed by atoms with Crippen molar-refractivity contribution in [3.8, 4) is 33.4 Å². The third kappa shape index (κ3) is 3.75. The van der Waals surface area contributed by atoms with E-state index in [1.807, 2.05) is 11.3 Å². The van der Waals surface area contributed by atoms with Gasteiger partial charge < -0.3 is 0 Å². The Morgan fingerprint density at radius 1 is 0.326 bits per heavy atom. The average Bonchev–Trinajstić information content (AvgIpc) is 3.47. The molecule has 9 aromatic rings. The zero-order valence-corrected chi connectivity index (χ0v) is 24.2. The van der Waals surface area contributed by atoms with E-state index in [1.165, 1.54) is 85.9 Å². The van der Waals surface area contributed by atoms with Crippen LogP contribution in [0.3, 0.4) is 0 Å². The minimum absolute atomic E-state index is 1.25. The van der Waals surface area contributed by atoms with Gasteiger partial charge in [0.25, 0.3) is 0 Å². The molecule has 0 aliphatic heterocycles. The summed E-state index contributed by atoms with van der Waals surface area (Å²) in [5.74, 6) is 0. The van der Waals surface area contributed by atoms with Crippen LogP contribution in [-0.4, -0.2) is 0 Å². The van der Waals surface area contributed by atoms with Crippen molar-refractivity contribution in [2.45, 2.75) is 0 Å².